The van der Waals surface area contributed by atoms with E-state index in [-0.39, 0.29) is 29.7 Å². The van der Waals surface area contributed by atoms with E-state index in [2.05, 4.69) is 15.0 Å². The van der Waals surface area contributed by atoms with Gasteiger partial charge in [0, 0.05) is 18.8 Å². The Morgan fingerprint density at radius 3 is 2.74 bits per heavy atom. The minimum absolute atomic E-state index is 0.00477. The second kappa shape index (κ2) is 6.60. The van der Waals surface area contributed by atoms with Crippen molar-refractivity contribution in [2.45, 2.75) is 31.3 Å². The Labute approximate surface area is 112 Å². The summed E-state index contributed by atoms with van der Waals surface area (Å²) in [5, 5.41) is 2.59. The van der Waals surface area contributed by atoms with Crippen LogP contribution in [0.1, 0.15) is 19.5 Å². The Morgan fingerprint density at radius 1 is 1.47 bits per heavy atom. The van der Waals surface area contributed by atoms with Gasteiger partial charge in [-0.15, -0.1) is 0 Å². The van der Waals surface area contributed by atoms with Gasteiger partial charge in [0.25, 0.3) is 0 Å². The largest absolute Gasteiger partial charge is 0.353 e. The van der Waals surface area contributed by atoms with Gasteiger partial charge < -0.3 is 11.1 Å². The van der Waals surface area contributed by atoms with E-state index in [1.807, 2.05) is 0 Å². The van der Waals surface area contributed by atoms with Crippen LogP contribution in [0.5, 0.6) is 0 Å². The Morgan fingerprint density at radius 2 is 2.16 bits per heavy atom. The number of amides is 1. The summed E-state index contributed by atoms with van der Waals surface area (Å²) >= 11 is 0. The third-order valence-electron chi connectivity index (χ3n) is 2.20. The number of pyridine rings is 1. The molecule has 0 unspecified atom stereocenters. The van der Waals surface area contributed by atoms with Crippen LogP contribution in [0.3, 0.4) is 0 Å². The molecule has 0 aromatic carbocycles. The van der Waals surface area contributed by atoms with Crippen molar-refractivity contribution in [3.05, 3.63) is 24.0 Å². The van der Waals surface area contributed by atoms with Crippen LogP contribution in [-0.4, -0.2) is 31.9 Å². The zero-order chi connectivity index (χ0) is 14.5. The molecule has 19 heavy (non-hydrogen) atoms. The van der Waals surface area contributed by atoms with Crippen molar-refractivity contribution in [2.75, 3.05) is 6.54 Å². The number of nitrogens with zero attached hydrogens (tertiary/aromatic N) is 1. The van der Waals surface area contributed by atoms with Crippen molar-refractivity contribution in [3.8, 4) is 0 Å². The molecule has 1 heterocycles. The average Bonchev–Trinajstić information content (AvgIpc) is 2.36. The number of carbonyl (C=O) groups is 1. The van der Waals surface area contributed by atoms with Gasteiger partial charge in [-0.1, -0.05) is 0 Å². The molecule has 0 atom stereocenters. The van der Waals surface area contributed by atoms with Gasteiger partial charge in [0.05, 0.1) is 12.2 Å². The van der Waals surface area contributed by atoms with E-state index in [1.54, 1.807) is 13.8 Å². The first kappa shape index (κ1) is 15.5. The molecular formula is C11H18N4O3S. The van der Waals surface area contributed by atoms with Gasteiger partial charge in [-0.2, -0.15) is 0 Å². The molecule has 0 fully saturated rings. The van der Waals surface area contributed by atoms with Gasteiger partial charge in [0.15, 0.2) is 0 Å². The van der Waals surface area contributed by atoms with Crippen molar-refractivity contribution in [1.29, 1.82) is 0 Å². The summed E-state index contributed by atoms with van der Waals surface area (Å²) in [5.74, 6) is -0.392. The van der Waals surface area contributed by atoms with E-state index < -0.39 is 15.9 Å². The Hall–Kier alpha value is -1.51. The van der Waals surface area contributed by atoms with Crippen LogP contribution < -0.4 is 15.8 Å². The van der Waals surface area contributed by atoms with Crippen LogP contribution >= 0.6 is 0 Å². The van der Waals surface area contributed by atoms with Crippen molar-refractivity contribution >= 4 is 15.9 Å². The third kappa shape index (κ3) is 4.58. The van der Waals surface area contributed by atoms with Crippen molar-refractivity contribution in [2.24, 2.45) is 5.73 Å². The highest BCUT2D eigenvalue weighted by Gasteiger charge is 2.19. The number of hydrogen-bond donors (Lipinski definition) is 3. The highest BCUT2D eigenvalue weighted by molar-refractivity contribution is 7.89. The number of rotatable bonds is 6. The molecule has 106 valence electrons. The lowest BCUT2D eigenvalue weighted by atomic mass is 10.3. The molecule has 0 bridgehead atoms. The zero-order valence-electron chi connectivity index (χ0n) is 10.9. The standard InChI is InChI=1S/C11H18N4O3S/c1-8(2)15-11(16)7-14-19(17,18)10-4-3-5-13-9(10)6-12/h3-5,8,14H,6-7,12H2,1-2H3,(H,15,16). The lowest BCUT2D eigenvalue weighted by Crippen LogP contribution is -2.40. The fraction of sp³-hybridized carbons (Fsp3) is 0.455. The number of nitrogens with two attached hydrogens (primary N) is 1. The monoisotopic (exact) mass is 286 g/mol. The second-order valence-electron chi connectivity index (χ2n) is 4.20. The summed E-state index contributed by atoms with van der Waals surface area (Å²) in [4.78, 5) is 15.3. The first-order valence-electron chi connectivity index (χ1n) is 5.80. The van der Waals surface area contributed by atoms with Gasteiger partial charge >= 0.3 is 0 Å². The first-order chi connectivity index (χ1) is 8.86. The van der Waals surface area contributed by atoms with Gasteiger partial charge in [-0.05, 0) is 26.0 Å². The zero-order valence-corrected chi connectivity index (χ0v) is 11.7. The SMILES string of the molecule is CC(C)NC(=O)CNS(=O)(=O)c1cccnc1CN. The van der Waals surface area contributed by atoms with Crippen molar-refractivity contribution < 1.29 is 13.2 Å². The van der Waals surface area contributed by atoms with Gasteiger partial charge in [-0.25, -0.2) is 13.1 Å². The Balaban J connectivity index is 2.79. The topological polar surface area (TPSA) is 114 Å². The maximum absolute atomic E-state index is 12.0. The predicted molar refractivity (Wildman–Crippen MR) is 70.6 cm³/mol. The molecule has 1 rings (SSSR count). The highest BCUT2D eigenvalue weighted by Crippen LogP contribution is 2.11. The number of hydrogen-bond acceptors (Lipinski definition) is 5. The fourth-order valence-electron chi connectivity index (χ4n) is 1.43. The summed E-state index contributed by atoms with van der Waals surface area (Å²) < 4.78 is 26.3. The van der Waals surface area contributed by atoms with Crippen LogP contribution in [0, 0.1) is 0 Å². The van der Waals surface area contributed by atoms with E-state index in [0.717, 1.165) is 0 Å². The minimum Gasteiger partial charge on any atom is -0.353 e. The molecule has 1 amide bonds. The smallest absolute Gasteiger partial charge is 0.242 e. The molecule has 0 aliphatic rings. The van der Waals surface area contributed by atoms with Gasteiger partial charge in [0.2, 0.25) is 15.9 Å². The minimum atomic E-state index is -3.79. The van der Waals surface area contributed by atoms with Crippen LogP contribution in [0.25, 0.3) is 0 Å². The highest BCUT2D eigenvalue weighted by atomic mass is 32.2. The van der Waals surface area contributed by atoms with E-state index in [0.29, 0.717) is 0 Å². The maximum Gasteiger partial charge on any atom is 0.242 e. The molecule has 1 aromatic rings. The van der Waals surface area contributed by atoms with E-state index in [4.69, 9.17) is 5.73 Å². The predicted octanol–water partition coefficient (Wildman–Crippen LogP) is -0.657. The third-order valence-corrected chi connectivity index (χ3v) is 3.68. The first-order valence-corrected chi connectivity index (χ1v) is 7.28. The lowest BCUT2D eigenvalue weighted by molar-refractivity contribution is -0.120. The van der Waals surface area contributed by atoms with Crippen LogP contribution in [0.2, 0.25) is 0 Å². The van der Waals surface area contributed by atoms with E-state index in [1.165, 1.54) is 18.3 Å². The molecule has 0 aliphatic heterocycles. The second-order valence-corrected chi connectivity index (χ2v) is 5.93. The molecule has 1 aromatic heterocycles. The molecule has 0 saturated heterocycles. The molecule has 7 nitrogen and oxygen atoms in total. The number of carbonyl (C=O) groups excluding carboxylic acids is 1. The lowest BCUT2D eigenvalue weighted by Gasteiger charge is -2.11. The molecule has 0 aliphatic carbocycles. The Bertz CT molecular complexity index is 543. The summed E-state index contributed by atoms with van der Waals surface area (Å²) in [5.41, 5.74) is 5.70. The molecule has 0 radical (unpaired) electrons. The average molecular weight is 286 g/mol. The normalized spacial score (nSPS) is 11.6. The van der Waals surface area contributed by atoms with Crippen LogP contribution in [0.15, 0.2) is 23.2 Å². The molecule has 8 heteroatoms. The number of aromatic nitrogens is 1. The Kier molecular flexibility index (Phi) is 5.40. The molecule has 0 saturated carbocycles. The van der Waals surface area contributed by atoms with Crippen LogP contribution in [0.4, 0.5) is 0 Å². The van der Waals surface area contributed by atoms with E-state index >= 15 is 0 Å². The van der Waals surface area contributed by atoms with Gasteiger partial charge in [-0.3, -0.25) is 9.78 Å². The summed E-state index contributed by atoms with van der Waals surface area (Å²) in [6, 6.07) is 2.86. The summed E-state index contributed by atoms with van der Waals surface area (Å²) in [6.45, 7) is 3.27. The summed E-state index contributed by atoms with van der Waals surface area (Å²) in [6.07, 6.45) is 1.46. The van der Waals surface area contributed by atoms with Crippen molar-refractivity contribution in [3.63, 3.8) is 0 Å². The van der Waals surface area contributed by atoms with Gasteiger partial charge in [0.1, 0.15) is 4.90 Å². The maximum atomic E-state index is 12.0. The molecule has 4 N–H and O–H groups in total. The van der Waals surface area contributed by atoms with Crippen molar-refractivity contribution in [1.82, 2.24) is 15.0 Å². The molecular weight excluding hydrogens is 268 g/mol. The summed E-state index contributed by atoms with van der Waals surface area (Å²) in [7, 11) is -3.79. The van der Waals surface area contributed by atoms with E-state index in [9.17, 15) is 13.2 Å². The number of nitrogens with one attached hydrogen (secondary N) is 2. The molecule has 0 spiro atoms. The quantitative estimate of drug-likeness (QED) is 0.642. The number of sulfonamides is 1. The fourth-order valence-corrected chi connectivity index (χ4v) is 2.61. The van der Waals surface area contributed by atoms with Crippen LogP contribution in [-0.2, 0) is 21.4 Å².